The summed E-state index contributed by atoms with van der Waals surface area (Å²) < 4.78 is 31.7. The first-order chi connectivity index (χ1) is 28.5. The van der Waals surface area contributed by atoms with Crippen LogP contribution >= 0.6 is 0 Å². The van der Waals surface area contributed by atoms with Gasteiger partial charge in [0.05, 0.1) is 29.5 Å². The molecule has 0 radical (unpaired) electrons. The number of sulfonamides is 1. The highest BCUT2D eigenvalue weighted by Gasteiger charge is 2.47. The van der Waals surface area contributed by atoms with E-state index in [0.29, 0.717) is 55.5 Å². The molecule has 0 saturated carbocycles. The molecule has 6 aromatic rings. The summed E-state index contributed by atoms with van der Waals surface area (Å²) in [6, 6.07) is 25.4. The summed E-state index contributed by atoms with van der Waals surface area (Å²) in [5.41, 5.74) is 9.45. The van der Waals surface area contributed by atoms with Crippen molar-refractivity contribution in [1.29, 1.82) is 5.26 Å². The van der Waals surface area contributed by atoms with E-state index in [2.05, 4.69) is 55.0 Å². The van der Waals surface area contributed by atoms with Gasteiger partial charge >= 0.3 is 0 Å². The number of ether oxygens (including phenoxy) is 1. The van der Waals surface area contributed by atoms with Crippen LogP contribution in [0.2, 0.25) is 0 Å². The van der Waals surface area contributed by atoms with Crippen molar-refractivity contribution in [2.45, 2.75) is 61.3 Å². The maximum Gasteiger partial charge on any atom is 0.238 e. The second kappa shape index (κ2) is 16.4. The summed E-state index contributed by atoms with van der Waals surface area (Å²) in [7, 11) is -4.03. The van der Waals surface area contributed by atoms with Gasteiger partial charge in [-0.1, -0.05) is 66.7 Å². The Morgan fingerprint density at radius 3 is 2.46 bits per heavy atom. The summed E-state index contributed by atoms with van der Waals surface area (Å²) in [4.78, 5) is 23.3. The lowest BCUT2D eigenvalue weighted by atomic mass is 9.91. The van der Waals surface area contributed by atoms with E-state index in [4.69, 9.17) is 25.6 Å². The fraction of sp³-hybridized carbons (Fsp3) is 0.316. The molecule has 3 aromatic heterocycles. The van der Waals surface area contributed by atoms with Crippen LogP contribution in [0.3, 0.4) is 0 Å². The van der Waals surface area contributed by atoms with E-state index in [0.717, 1.165) is 16.0 Å². The molecule has 20 nitrogen and oxygen atoms in total. The Bertz CT molecular complexity index is 2580. The predicted octanol–water partition coefficient (Wildman–Crippen LogP) is 1.60. The number of aliphatic imine (C=N–C) groups is 1. The molecule has 304 valence electrons. The molecule has 59 heavy (non-hydrogen) atoms. The maximum atomic E-state index is 12.0. The van der Waals surface area contributed by atoms with Crippen molar-refractivity contribution < 1.29 is 23.4 Å². The number of nitrogens with zero attached hydrogens (tertiary/aromatic N) is 12. The fourth-order valence-corrected chi connectivity index (χ4v) is 7.83. The smallest absolute Gasteiger partial charge is 0.238 e. The van der Waals surface area contributed by atoms with Crippen LogP contribution in [-0.2, 0) is 21.3 Å². The molecule has 0 bridgehead atoms. The number of rotatable bonds is 12. The van der Waals surface area contributed by atoms with E-state index in [9.17, 15) is 23.9 Å². The Morgan fingerprint density at radius 1 is 1.07 bits per heavy atom. The molecule has 8 rings (SSSR count). The number of imidazole rings is 1. The molecule has 2 fully saturated rings. The molecule has 0 aliphatic carbocycles. The number of aliphatic hydroxyl groups excluding tert-OH is 2. The van der Waals surface area contributed by atoms with E-state index in [1.54, 1.807) is 4.57 Å². The molecule has 7 N–H and O–H groups in total. The molecule has 0 amide bonds. The van der Waals surface area contributed by atoms with Crippen LogP contribution < -0.4 is 26.0 Å². The van der Waals surface area contributed by atoms with E-state index in [1.165, 1.54) is 35.4 Å². The Kier molecular flexibility index (Phi) is 10.9. The standard InChI is InChI=1S/C38H41N15O5S/c1-2-53-48-34(47-49-53)32-30(54)31(55)36(58-32)52-22-43-29-33(42-19-28(23-10-5-3-6-11-23)24-12-7-4-8-13-24)45-38(46-35(29)52)50-17-16-25(20-50)44-37(40)51(21-39)26-14-9-15-27(18-26)59(41,56)57/h3-15,18,22,25,28,30-32,36,54-55H,2,16-17,19-20H2,1H3,(H2,40,44)(H2,41,56,57)(H,42,45,46)/t25-,30+,31+,32+,36-/m1/s1. The zero-order valence-corrected chi connectivity index (χ0v) is 32.5. The number of aryl methyl sites for hydroxylation is 1. The first-order valence-electron chi connectivity index (χ1n) is 18.8. The van der Waals surface area contributed by atoms with Gasteiger partial charge in [-0.05, 0) is 47.9 Å². The molecule has 5 atom stereocenters. The Labute approximate surface area is 338 Å². The number of hydrogen-bond donors (Lipinski definition) is 5. The highest BCUT2D eigenvalue weighted by Crippen LogP contribution is 2.39. The van der Waals surface area contributed by atoms with Crippen molar-refractivity contribution in [3.63, 3.8) is 0 Å². The quantitative estimate of drug-likeness (QED) is 0.0507. The lowest BCUT2D eigenvalue weighted by Crippen LogP contribution is -2.35. The number of tetrazole rings is 1. The molecule has 2 aliphatic rings. The van der Waals surface area contributed by atoms with Crippen molar-refractivity contribution in [2.75, 3.05) is 34.8 Å². The van der Waals surface area contributed by atoms with Crippen LogP contribution in [0.5, 0.6) is 0 Å². The van der Waals surface area contributed by atoms with Gasteiger partial charge in [0.1, 0.15) is 12.2 Å². The Balaban J connectivity index is 1.12. The maximum absolute atomic E-state index is 12.0. The number of nitrogens with two attached hydrogens (primary N) is 2. The van der Waals surface area contributed by atoms with Crippen LogP contribution in [0.1, 0.15) is 48.5 Å². The third-order valence-electron chi connectivity index (χ3n) is 10.3. The monoisotopic (exact) mass is 819 g/mol. The summed E-state index contributed by atoms with van der Waals surface area (Å²) in [5, 5.41) is 53.5. The van der Waals surface area contributed by atoms with Gasteiger partial charge in [0, 0.05) is 25.6 Å². The number of guanidine groups is 1. The number of aliphatic hydroxyl groups is 2. The second-order valence-electron chi connectivity index (χ2n) is 14.1. The number of aromatic nitrogens is 8. The minimum Gasteiger partial charge on any atom is -0.387 e. The van der Waals surface area contributed by atoms with Crippen LogP contribution in [0.25, 0.3) is 11.2 Å². The molecular weight excluding hydrogens is 779 g/mol. The van der Waals surface area contributed by atoms with E-state index in [-0.39, 0.29) is 28.3 Å². The highest BCUT2D eigenvalue weighted by atomic mass is 32.2. The average molecular weight is 820 g/mol. The number of nitriles is 1. The van der Waals surface area contributed by atoms with Crippen LogP contribution in [0, 0.1) is 11.5 Å². The fourth-order valence-electron chi connectivity index (χ4n) is 7.27. The number of benzene rings is 3. The van der Waals surface area contributed by atoms with Gasteiger partial charge in [-0.15, -0.1) is 10.2 Å². The number of nitrogens with one attached hydrogen (secondary N) is 1. The van der Waals surface area contributed by atoms with Crippen LogP contribution in [0.15, 0.2) is 101 Å². The third-order valence-corrected chi connectivity index (χ3v) is 11.2. The largest absolute Gasteiger partial charge is 0.387 e. The SMILES string of the molecule is CCn1nnc([C@H]2O[C@@H](n3cnc4c(NCC(c5ccccc5)c5ccccc5)nc(N5CC[C@@H](N=C(N)N(C#N)c6cccc(S(N)(=O)=O)c6)C5)nc43)[C@@H](O)[C@@H]2O)n1. The molecule has 2 saturated heterocycles. The molecule has 2 aliphatic heterocycles. The van der Waals surface area contributed by atoms with Gasteiger partial charge in [0.15, 0.2) is 35.5 Å². The van der Waals surface area contributed by atoms with Crippen molar-refractivity contribution >= 4 is 44.6 Å². The van der Waals surface area contributed by atoms with Gasteiger partial charge in [-0.25, -0.2) is 28.4 Å². The lowest BCUT2D eigenvalue weighted by molar-refractivity contribution is -0.0384. The van der Waals surface area contributed by atoms with E-state index < -0.39 is 40.6 Å². The minimum atomic E-state index is -4.03. The van der Waals surface area contributed by atoms with Crippen molar-refractivity contribution in [3.05, 3.63) is 108 Å². The highest BCUT2D eigenvalue weighted by molar-refractivity contribution is 7.89. The number of anilines is 3. The summed E-state index contributed by atoms with van der Waals surface area (Å²) in [5.74, 6) is 0.684. The Hall–Kier alpha value is -6.57. The zero-order valence-electron chi connectivity index (χ0n) is 31.7. The summed E-state index contributed by atoms with van der Waals surface area (Å²) in [6.45, 7) is 3.53. The second-order valence-corrected chi connectivity index (χ2v) is 15.6. The zero-order chi connectivity index (χ0) is 41.3. The summed E-state index contributed by atoms with van der Waals surface area (Å²) in [6.07, 6.45) is -0.988. The number of fused-ring (bicyclic) bond motifs is 1. The normalized spacial score (nSPS) is 21.0. The van der Waals surface area contributed by atoms with Gasteiger partial charge in [-0.2, -0.15) is 20.0 Å². The van der Waals surface area contributed by atoms with Crippen LogP contribution in [-0.4, -0.2) is 102 Å². The minimum absolute atomic E-state index is 0.0601. The Morgan fingerprint density at radius 2 is 1.80 bits per heavy atom. The van der Waals surface area contributed by atoms with Gasteiger partial charge < -0.3 is 30.9 Å². The lowest BCUT2D eigenvalue weighted by Gasteiger charge is -2.22. The molecular formula is C38H41N15O5S. The van der Waals surface area contributed by atoms with Gasteiger partial charge in [-0.3, -0.25) is 4.57 Å². The topological polar surface area (TPSA) is 278 Å². The first kappa shape index (κ1) is 39.3. The number of primary sulfonamides is 1. The van der Waals surface area contributed by atoms with E-state index >= 15 is 0 Å². The molecule has 0 spiro atoms. The van der Waals surface area contributed by atoms with Crippen molar-refractivity contribution in [1.82, 2.24) is 39.7 Å². The van der Waals surface area contributed by atoms with Crippen molar-refractivity contribution in [3.8, 4) is 6.19 Å². The molecule has 5 heterocycles. The van der Waals surface area contributed by atoms with Gasteiger partial charge in [0.2, 0.25) is 27.8 Å². The van der Waals surface area contributed by atoms with Crippen LogP contribution in [0.4, 0.5) is 17.5 Å². The summed E-state index contributed by atoms with van der Waals surface area (Å²) >= 11 is 0. The first-order valence-corrected chi connectivity index (χ1v) is 20.4. The average Bonchev–Trinajstić information content (AvgIpc) is 4.06. The molecule has 21 heteroatoms. The van der Waals surface area contributed by atoms with E-state index in [1.807, 2.05) is 54.4 Å². The predicted molar refractivity (Wildman–Crippen MR) is 215 cm³/mol. The van der Waals surface area contributed by atoms with Gasteiger partial charge in [0.25, 0.3) is 0 Å². The third kappa shape index (κ3) is 7.99. The number of hydrogen-bond acceptors (Lipinski definition) is 15. The molecule has 0 unspecified atom stereocenters. The van der Waals surface area contributed by atoms with Crippen molar-refractivity contribution in [2.24, 2.45) is 15.9 Å². The molecule has 3 aromatic carbocycles.